The van der Waals surface area contributed by atoms with Crippen LogP contribution >= 0.6 is 0 Å². The Labute approximate surface area is 148 Å². The molecule has 130 valence electrons. The Kier molecular flexibility index (Phi) is 4.71. The van der Waals surface area contributed by atoms with Crippen LogP contribution in [0.15, 0.2) is 48.5 Å². The summed E-state index contributed by atoms with van der Waals surface area (Å²) >= 11 is 0. The van der Waals surface area contributed by atoms with Gasteiger partial charge in [-0.05, 0) is 50.6 Å². The van der Waals surface area contributed by atoms with Crippen molar-refractivity contribution in [2.75, 3.05) is 18.9 Å². The average Bonchev–Trinajstić information content (AvgIpc) is 2.87. The predicted octanol–water partition coefficient (Wildman–Crippen LogP) is 3.70. The van der Waals surface area contributed by atoms with Gasteiger partial charge < -0.3 is 19.9 Å². The van der Waals surface area contributed by atoms with Gasteiger partial charge in [-0.2, -0.15) is 0 Å². The molecule has 1 saturated heterocycles. The van der Waals surface area contributed by atoms with E-state index in [0.717, 1.165) is 11.1 Å². The lowest BCUT2D eigenvalue weighted by molar-refractivity contribution is -0.159. The monoisotopic (exact) mass is 337 g/mol. The van der Waals surface area contributed by atoms with E-state index in [9.17, 15) is 0 Å². The molecule has 2 aromatic carbocycles. The molecule has 0 amide bonds. The van der Waals surface area contributed by atoms with Crippen LogP contribution in [0.2, 0.25) is 0 Å². The predicted molar refractivity (Wildman–Crippen MR) is 98.1 cm³/mol. The first-order valence-electron chi connectivity index (χ1n) is 8.28. The maximum Gasteiger partial charge on any atom is 0.164 e. The lowest BCUT2D eigenvalue weighted by atomic mass is 9.96. The molecule has 1 heterocycles. The van der Waals surface area contributed by atoms with Crippen LogP contribution in [0.1, 0.15) is 31.9 Å². The molecule has 1 fully saturated rings. The van der Waals surface area contributed by atoms with Gasteiger partial charge in [0, 0.05) is 17.3 Å². The van der Waals surface area contributed by atoms with E-state index in [-0.39, 0.29) is 6.61 Å². The van der Waals surface area contributed by atoms with Crippen LogP contribution in [0.5, 0.6) is 5.75 Å². The first-order chi connectivity index (χ1) is 11.9. The number of hydrogen-bond donors (Lipinski definition) is 1. The van der Waals surface area contributed by atoms with Gasteiger partial charge in [-0.25, -0.2) is 0 Å². The van der Waals surface area contributed by atoms with Gasteiger partial charge in [-0.3, -0.25) is 0 Å². The summed E-state index contributed by atoms with van der Waals surface area (Å²) in [5.41, 5.74) is 8.01. The molecular weight excluding hydrogens is 314 g/mol. The van der Waals surface area contributed by atoms with E-state index in [0.29, 0.717) is 18.0 Å². The molecule has 2 N–H and O–H groups in total. The topological polar surface area (TPSA) is 53.7 Å². The van der Waals surface area contributed by atoms with Crippen molar-refractivity contribution in [2.24, 2.45) is 0 Å². The van der Waals surface area contributed by atoms with E-state index >= 15 is 0 Å². The summed E-state index contributed by atoms with van der Waals surface area (Å²) in [5, 5.41) is 0. The van der Waals surface area contributed by atoms with E-state index in [1.54, 1.807) is 6.07 Å². The summed E-state index contributed by atoms with van der Waals surface area (Å²) in [5.74, 6) is 6.14. The lowest BCUT2D eigenvalue weighted by Crippen LogP contribution is -2.28. The number of rotatable bonds is 3. The van der Waals surface area contributed by atoms with Gasteiger partial charge in [-0.1, -0.05) is 30.0 Å². The molecule has 1 aliphatic heterocycles. The van der Waals surface area contributed by atoms with Crippen molar-refractivity contribution in [1.82, 2.24) is 0 Å². The van der Waals surface area contributed by atoms with Gasteiger partial charge in [0.25, 0.3) is 0 Å². The van der Waals surface area contributed by atoms with Crippen molar-refractivity contribution >= 4 is 5.69 Å². The SMILES string of the molecule is CC1(C)OCC(C)(c2cc(N)cc(OCC#Cc3ccccc3)c2)O1. The highest BCUT2D eigenvalue weighted by Crippen LogP contribution is 2.40. The number of anilines is 1. The lowest BCUT2D eigenvalue weighted by Gasteiger charge is -2.26. The average molecular weight is 337 g/mol. The normalized spacial score (nSPS) is 21.4. The summed E-state index contributed by atoms with van der Waals surface area (Å²) in [4.78, 5) is 0. The Bertz CT molecular complexity index is 805. The summed E-state index contributed by atoms with van der Waals surface area (Å²) in [6.45, 7) is 6.56. The van der Waals surface area contributed by atoms with E-state index < -0.39 is 11.4 Å². The first kappa shape index (κ1) is 17.3. The second-order valence-corrected chi connectivity index (χ2v) is 6.77. The summed E-state index contributed by atoms with van der Waals surface area (Å²) in [7, 11) is 0. The van der Waals surface area contributed by atoms with Crippen LogP contribution in [-0.4, -0.2) is 19.0 Å². The number of ether oxygens (including phenoxy) is 3. The van der Waals surface area contributed by atoms with Crippen LogP contribution in [0.3, 0.4) is 0 Å². The van der Waals surface area contributed by atoms with Gasteiger partial charge >= 0.3 is 0 Å². The molecule has 0 aliphatic carbocycles. The Hall–Kier alpha value is -2.48. The van der Waals surface area contributed by atoms with E-state index in [2.05, 4.69) is 11.8 Å². The van der Waals surface area contributed by atoms with E-state index in [1.165, 1.54) is 0 Å². The number of benzene rings is 2. The summed E-state index contributed by atoms with van der Waals surface area (Å²) in [6.07, 6.45) is 0. The van der Waals surface area contributed by atoms with Crippen molar-refractivity contribution in [3.05, 3.63) is 59.7 Å². The molecule has 0 bridgehead atoms. The molecule has 4 nitrogen and oxygen atoms in total. The third-order valence-corrected chi connectivity index (χ3v) is 4.02. The summed E-state index contributed by atoms with van der Waals surface area (Å²) < 4.78 is 17.5. The second kappa shape index (κ2) is 6.79. The van der Waals surface area contributed by atoms with Gasteiger partial charge in [0.2, 0.25) is 0 Å². The fourth-order valence-electron chi connectivity index (χ4n) is 2.84. The molecule has 0 spiro atoms. The quantitative estimate of drug-likeness (QED) is 0.685. The zero-order chi connectivity index (χ0) is 17.9. The maximum absolute atomic E-state index is 6.05. The highest BCUT2D eigenvalue weighted by Gasteiger charge is 2.43. The fraction of sp³-hybridized carbons (Fsp3) is 0.333. The Morgan fingerprint density at radius 3 is 2.56 bits per heavy atom. The number of hydrogen-bond acceptors (Lipinski definition) is 4. The molecule has 1 atom stereocenters. The van der Waals surface area contributed by atoms with Gasteiger partial charge in [0.1, 0.15) is 18.0 Å². The molecule has 2 aromatic rings. The van der Waals surface area contributed by atoms with E-state index in [1.807, 2.05) is 63.2 Å². The third kappa shape index (κ3) is 4.33. The molecule has 1 unspecified atom stereocenters. The standard InChI is InChI=1S/C21H23NO3/c1-20(2)24-15-21(3,25-20)17-12-18(22)14-19(13-17)23-11-7-10-16-8-5-4-6-9-16/h4-6,8-9,12-14H,11,15,22H2,1-3H3. The van der Waals surface area contributed by atoms with Crippen LogP contribution in [0.4, 0.5) is 5.69 Å². The van der Waals surface area contributed by atoms with Crippen molar-refractivity contribution < 1.29 is 14.2 Å². The molecule has 25 heavy (non-hydrogen) atoms. The summed E-state index contributed by atoms with van der Waals surface area (Å²) in [6, 6.07) is 15.4. The van der Waals surface area contributed by atoms with Gasteiger partial charge in [-0.15, -0.1) is 0 Å². The minimum atomic E-state index is -0.610. The van der Waals surface area contributed by atoms with Crippen LogP contribution < -0.4 is 10.5 Å². The largest absolute Gasteiger partial charge is 0.481 e. The molecule has 4 heteroatoms. The molecule has 0 radical (unpaired) electrons. The molecular formula is C21H23NO3. The minimum Gasteiger partial charge on any atom is -0.481 e. The van der Waals surface area contributed by atoms with Gasteiger partial charge in [0.15, 0.2) is 5.79 Å². The third-order valence-electron chi connectivity index (χ3n) is 4.02. The second-order valence-electron chi connectivity index (χ2n) is 6.77. The molecule has 3 rings (SSSR count). The van der Waals surface area contributed by atoms with E-state index in [4.69, 9.17) is 19.9 Å². The van der Waals surface area contributed by atoms with Crippen LogP contribution in [0, 0.1) is 11.8 Å². The smallest absolute Gasteiger partial charge is 0.164 e. The molecule has 1 aliphatic rings. The maximum atomic E-state index is 6.05. The van der Waals surface area contributed by atoms with Crippen molar-refractivity contribution in [3.8, 4) is 17.6 Å². The fourth-order valence-corrected chi connectivity index (χ4v) is 2.84. The highest BCUT2D eigenvalue weighted by atomic mass is 16.8. The van der Waals surface area contributed by atoms with Gasteiger partial charge in [0.05, 0.1) is 6.61 Å². The number of nitrogens with two attached hydrogens (primary N) is 1. The highest BCUT2D eigenvalue weighted by molar-refractivity contribution is 5.49. The Morgan fingerprint density at radius 1 is 1.12 bits per heavy atom. The Morgan fingerprint density at radius 2 is 1.88 bits per heavy atom. The minimum absolute atomic E-state index is 0.289. The van der Waals surface area contributed by atoms with Crippen LogP contribution in [-0.2, 0) is 15.1 Å². The molecule has 0 aromatic heterocycles. The van der Waals surface area contributed by atoms with Crippen molar-refractivity contribution in [3.63, 3.8) is 0 Å². The zero-order valence-corrected chi connectivity index (χ0v) is 14.8. The van der Waals surface area contributed by atoms with Crippen molar-refractivity contribution in [2.45, 2.75) is 32.2 Å². The van der Waals surface area contributed by atoms with Crippen molar-refractivity contribution in [1.29, 1.82) is 0 Å². The first-order valence-corrected chi connectivity index (χ1v) is 8.28. The molecule has 0 saturated carbocycles. The number of nitrogen functional groups attached to an aromatic ring is 1. The zero-order valence-electron chi connectivity index (χ0n) is 14.8. The Balaban J connectivity index is 1.71. The van der Waals surface area contributed by atoms with Crippen LogP contribution in [0.25, 0.3) is 0 Å².